The maximum Gasteiger partial charge on any atom is 0.407 e. The van der Waals surface area contributed by atoms with Crippen LogP contribution in [0.15, 0.2) is 18.2 Å². The number of benzene rings is 1. The van der Waals surface area contributed by atoms with Crippen molar-refractivity contribution in [1.29, 1.82) is 0 Å². The van der Waals surface area contributed by atoms with Crippen molar-refractivity contribution in [3.63, 3.8) is 0 Å². The molecule has 0 atom stereocenters. The van der Waals surface area contributed by atoms with Crippen LogP contribution in [-0.2, 0) is 9.53 Å². The molecular formula is C18H25ClN4O5. The van der Waals surface area contributed by atoms with Gasteiger partial charge in [0.15, 0.2) is 0 Å². The van der Waals surface area contributed by atoms with Crippen LogP contribution in [0.3, 0.4) is 0 Å². The van der Waals surface area contributed by atoms with Gasteiger partial charge in [-0.2, -0.15) is 0 Å². The summed E-state index contributed by atoms with van der Waals surface area (Å²) in [4.78, 5) is 38.3. The molecular weight excluding hydrogens is 388 g/mol. The predicted octanol–water partition coefficient (Wildman–Crippen LogP) is 2.81. The summed E-state index contributed by atoms with van der Waals surface area (Å²) in [7, 11) is 0. The monoisotopic (exact) mass is 412 g/mol. The smallest absolute Gasteiger partial charge is 0.407 e. The molecule has 0 aliphatic carbocycles. The average molecular weight is 413 g/mol. The van der Waals surface area contributed by atoms with Crippen molar-refractivity contribution in [2.24, 2.45) is 0 Å². The Bertz CT molecular complexity index is 742. The van der Waals surface area contributed by atoms with Gasteiger partial charge in [0, 0.05) is 50.2 Å². The standard InChI is InChI=1S/C18H25ClN4O5/c1-18(2,3)28-17(25)20-7-6-16(24)22-10-8-21(9-11-22)14-5-4-13(19)12-15(14)23(26)27/h4-5,12H,6-11H2,1-3H3,(H,20,25). The molecule has 10 heteroatoms. The Morgan fingerprint density at radius 3 is 2.46 bits per heavy atom. The summed E-state index contributed by atoms with van der Waals surface area (Å²) in [6.07, 6.45) is -0.388. The lowest BCUT2D eigenvalue weighted by molar-refractivity contribution is -0.384. The lowest BCUT2D eigenvalue weighted by Gasteiger charge is -2.36. The molecule has 2 rings (SSSR count). The van der Waals surface area contributed by atoms with Gasteiger partial charge in [-0.25, -0.2) is 4.79 Å². The van der Waals surface area contributed by atoms with Crippen molar-refractivity contribution in [3.05, 3.63) is 33.3 Å². The number of piperazine rings is 1. The molecule has 0 bridgehead atoms. The third-order valence-corrected chi connectivity index (χ3v) is 4.35. The van der Waals surface area contributed by atoms with Crippen molar-refractivity contribution in [2.45, 2.75) is 32.8 Å². The Morgan fingerprint density at radius 1 is 1.25 bits per heavy atom. The number of amides is 2. The molecule has 1 heterocycles. The number of alkyl carbamates (subject to hydrolysis) is 1. The molecule has 9 nitrogen and oxygen atoms in total. The molecule has 0 saturated carbocycles. The minimum absolute atomic E-state index is 0.0474. The van der Waals surface area contributed by atoms with Gasteiger partial charge in [0.2, 0.25) is 5.91 Å². The molecule has 28 heavy (non-hydrogen) atoms. The predicted molar refractivity (Wildman–Crippen MR) is 106 cm³/mol. The lowest BCUT2D eigenvalue weighted by atomic mass is 10.2. The third kappa shape index (κ3) is 6.26. The molecule has 1 aliphatic heterocycles. The SMILES string of the molecule is CC(C)(C)OC(=O)NCCC(=O)N1CCN(c2ccc(Cl)cc2[N+](=O)[O-])CC1. The molecule has 0 spiro atoms. The first kappa shape index (κ1) is 21.7. The minimum Gasteiger partial charge on any atom is -0.444 e. The molecule has 0 aromatic heterocycles. The topological polar surface area (TPSA) is 105 Å². The van der Waals surface area contributed by atoms with Gasteiger partial charge in [0.05, 0.1) is 4.92 Å². The second kappa shape index (κ2) is 9.09. The van der Waals surface area contributed by atoms with Crippen LogP contribution < -0.4 is 10.2 Å². The quantitative estimate of drug-likeness (QED) is 0.589. The molecule has 0 unspecified atom stereocenters. The molecule has 1 aromatic rings. The second-order valence-electron chi connectivity index (χ2n) is 7.44. The molecule has 1 fully saturated rings. The lowest BCUT2D eigenvalue weighted by Crippen LogP contribution is -2.49. The summed E-state index contributed by atoms with van der Waals surface area (Å²) in [6, 6.07) is 4.57. The van der Waals surface area contributed by atoms with Crippen molar-refractivity contribution in [2.75, 3.05) is 37.6 Å². The van der Waals surface area contributed by atoms with Gasteiger partial charge in [-0.05, 0) is 32.9 Å². The summed E-state index contributed by atoms with van der Waals surface area (Å²) < 4.78 is 5.12. The first-order valence-corrected chi connectivity index (χ1v) is 9.38. The van der Waals surface area contributed by atoms with Crippen LogP contribution in [0.2, 0.25) is 5.02 Å². The molecule has 1 saturated heterocycles. The molecule has 1 aromatic carbocycles. The average Bonchev–Trinajstić information content (AvgIpc) is 2.60. The van der Waals surface area contributed by atoms with E-state index in [-0.39, 0.29) is 24.6 Å². The summed E-state index contributed by atoms with van der Waals surface area (Å²) in [6.45, 7) is 7.35. The van der Waals surface area contributed by atoms with Gasteiger partial charge >= 0.3 is 6.09 Å². The molecule has 0 radical (unpaired) electrons. The number of hydrogen-bond donors (Lipinski definition) is 1. The van der Waals surface area contributed by atoms with E-state index in [1.165, 1.54) is 6.07 Å². The van der Waals surface area contributed by atoms with Crippen LogP contribution >= 0.6 is 11.6 Å². The highest BCUT2D eigenvalue weighted by Gasteiger charge is 2.26. The number of halogens is 1. The summed E-state index contributed by atoms with van der Waals surface area (Å²) in [5.41, 5.74) is -0.142. The second-order valence-corrected chi connectivity index (χ2v) is 7.87. The number of nitrogens with one attached hydrogen (secondary N) is 1. The zero-order valence-corrected chi connectivity index (χ0v) is 17.0. The molecule has 154 valence electrons. The molecule has 1 aliphatic rings. The summed E-state index contributed by atoms with van der Waals surface area (Å²) >= 11 is 5.86. The maximum atomic E-state index is 12.3. The van der Waals surface area contributed by atoms with Crippen LogP contribution in [0.5, 0.6) is 0 Å². The number of anilines is 1. The van der Waals surface area contributed by atoms with Crippen LogP contribution in [0.25, 0.3) is 0 Å². The van der Waals surface area contributed by atoms with Crippen molar-refractivity contribution >= 4 is 35.0 Å². The number of rotatable bonds is 5. The van der Waals surface area contributed by atoms with E-state index >= 15 is 0 Å². The Hall–Kier alpha value is -2.55. The number of nitrogens with zero attached hydrogens (tertiary/aromatic N) is 3. The summed E-state index contributed by atoms with van der Waals surface area (Å²) in [5.74, 6) is -0.0821. The van der Waals surface area contributed by atoms with Crippen molar-refractivity contribution in [1.82, 2.24) is 10.2 Å². The largest absolute Gasteiger partial charge is 0.444 e. The first-order valence-electron chi connectivity index (χ1n) is 9.00. The van der Waals surface area contributed by atoms with E-state index in [0.717, 1.165) is 0 Å². The Kier molecular flexibility index (Phi) is 7.06. The fraction of sp³-hybridized carbons (Fsp3) is 0.556. The van der Waals surface area contributed by atoms with Gasteiger partial charge in [0.25, 0.3) is 5.69 Å². The van der Waals surface area contributed by atoms with Gasteiger partial charge < -0.3 is 19.9 Å². The third-order valence-electron chi connectivity index (χ3n) is 4.11. The van der Waals surface area contributed by atoms with Crippen LogP contribution in [0.1, 0.15) is 27.2 Å². The number of carbonyl (C=O) groups excluding carboxylic acids is 2. The van der Waals surface area contributed by atoms with Gasteiger partial charge in [-0.3, -0.25) is 14.9 Å². The van der Waals surface area contributed by atoms with E-state index in [4.69, 9.17) is 16.3 Å². The Balaban J connectivity index is 1.83. The van der Waals surface area contributed by atoms with Crippen molar-refractivity contribution in [3.8, 4) is 0 Å². The fourth-order valence-corrected chi connectivity index (χ4v) is 3.02. The maximum absolute atomic E-state index is 12.3. The van der Waals surface area contributed by atoms with Crippen LogP contribution in [0, 0.1) is 10.1 Å². The van der Waals surface area contributed by atoms with E-state index in [0.29, 0.717) is 36.9 Å². The van der Waals surface area contributed by atoms with Crippen molar-refractivity contribution < 1.29 is 19.2 Å². The number of ether oxygens (including phenoxy) is 1. The van der Waals surface area contributed by atoms with Crippen LogP contribution in [-0.4, -0.2) is 60.1 Å². The van der Waals surface area contributed by atoms with Gasteiger partial charge in [-0.1, -0.05) is 11.6 Å². The first-order chi connectivity index (χ1) is 13.1. The van der Waals surface area contributed by atoms with Gasteiger partial charge in [0.1, 0.15) is 11.3 Å². The molecule has 1 N–H and O–H groups in total. The fourth-order valence-electron chi connectivity index (χ4n) is 2.85. The van der Waals surface area contributed by atoms with E-state index in [1.54, 1.807) is 37.8 Å². The number of hydrogen-bond acceptors (Lipinski definition) is 6. The minimum atomic E-state index is -0.589. The zero-order chi connectivity index (χ0) is 20.9. The number of nitro benzene ring substituents is 1. The summed E-state index contributed by atoms with van der Waals surface area (Å²) in [5, 5.41) is 14.1. The highest BCUT2D eigenvalue weighted by molar-refractivity contribution is 6.30. The highest BCUT2D eigenvalue weighted by atomic mass is 35.5. The van der Waals surface area contributed by atoms with Gasteiger partial charge in [-0.15, -0.1) is 0 Å². The van der Waals surface area contributed by atoms with E-state index < -0.39 is 16.6 Å². The van der Waals surface area contributed by atoms with E-state index in [1.807, 2.05) is 4.90 Å². The Morgan fingerprint density at radius 2 is 1.89 bits per heavy atom. The van der Waals surface area contributed by atoms with E-state index in [9.17, 15) is 19.7 Å². The normalized spacial score (nSPS) is 14.6. The zero-order valence-electron chi connectivity index (χ0n) is 16.2. The highest BCUT2D eigenvalue weighted by Crippen LogP contribution is 2.31. The number of carbonyl (C=O) groups is 2. The Labute approximate surface area is 168 Å². The van der Waals surface area contributed by atoms with E-state index in [2.05, 4.69) is 5.32 Å². The van der Waals surface area contributed by atoms with Crippen LogP contribution in [0.4, 0.5) is 16.2 Å². The number of nitro groups is 1. The molecule has 2 amide bonds.